The van der Waals surface area contributed by atoms with Gasteiger partial charge in [-0.05, 0) is 0 Å². The van der Waals surface area contributed by atoms with E-state index in [1.807, 2.05) is 0 Å². The summed E-state index contributed by atoms with van der Waals surface area (Å²) in [6, 6.07) is 0. The van der Waals surface area contributed by atoms with Crippen LogP contribution in [0.3, 0.4) is 0 Å². The highest BCUT2D eigenvalue weighted by atomic mass is 35.5. The molecule has 0 rings (SSSR count). The van der Waals surface area contributed by atoms with Gasteiger partial charge in [0.2, 0.25) is 0 Å². The Morgan fingerprint density at radius 1 is 1.09 bits per heavy atom. The minimum atomic E-state index is -3.37. The molecular weight excluding hydrogens is 230 g/mol. The van der Waals surface area contributed by atoms with E-state index in [9.17, 15) is 17.6 Å². The van der Waals surface area contributed by atoms with E-state index in [2.05, 4.69) is 23.2 Å². The van der Waals surface area contributed by atoms with Crippen molar-refractivity contribution in [3.63, 3.8) is 0 Å². The van der Waals surface area contributed by atoms with Crippen molar-refractivity contribution in [1.29, 1.82) is 0 Å². The quantitative estimate of drug-likeness (QED) is 0.518. The second-order valence-electron chi connectivity index (χ2n) is 1.72. The number of hydrogen-bond donors (Lipinski definition) is 0. The van der Waals surface area contributed by atoms with Gasteiger partial charge in [0, 0.05) is 0 Å². The van der Waals surface area contributed by atoms with E-state index in [4.69, 9.17) is 11.6 Å². The summed E-state index contributed by atoms with van der Waals surface area (Å²) in [7, 11) is 0. The molecule has 0 bridgehead atoms. The lowest BCUT2D eigenvalue weighted by Crippen LogP contribution is -2.35. The van der Waals surface area contributed by atoms with E-state index in [1.165, 1.54) is 0 Å². The highest BCUT2D eigenvalue weighted by Crippen LogP contribution is 2.34. The molecule has 0 saturated carbocycles. The van der Waals surface area contributed by atoms with E-state index in [1.54, 1.807) is 0 Å². The molecule has 0 fully saturated rings. The summed E-state index contributed by atoms with van der Waals surface area (Å²) in [5, 5.41) is -2.34. The third-order valence-corrected chi connectivity index (χ3v) is 1.66. The van der Waals surface area contributed by atoms with Gasteiger partial charge in [-0.25, -0.2) is 17.6 Å². The highest BCUT2D eigenvalue weighted by molar-refractivity contribution is 6.48. The third-order valence-electron chi connectivity index (χ3n) is 0.833. The van der Waals surface area contributed by atoms with Gasteiger partial charge >= 0.3 is 0 Å². The van der Waals surface area contributed by atoms with Crippen molar-refractivity contribution < 1.29 is 17.6 Å². The van der Waals surface area contributed by atoms with Gasteiger partial charge in [-0.2, -0.15) is 0 Å². The zero-order chi connectivity index (χ0) is 9.23. The number of halogens is 7. The molecule has 0 spiro atoms. The highest BCUT2D eigenvalue weighted by Gasteiger charge is 2.44. The molecule has 0 saturated heterocycles. The average Bonchev–Trinajstić information content (AvgIpc) is 1.82. The molecule has 0 amide bonds. The standard InChI is InChI=1S/C4H3Cl3F4/c5-1(3(9)10)2(8)4(6,7)11/h1-3H. The first kappa shape index (κ1) is 11.6. The molecule has 2 atom stereocenters. The molecule has 0 aliphatic rings. The molecule has 0 nitrogen and oxygen atoms in total. The van der Waals surface area contributed by atoms with Gasteiger partial charge in [-0.1, -0.05) is 23.2 Å². The molecule has 0 aromatic carbocycles. The first-order valence-electron chi connectivity index (χ1n) is 2.40. The van der Waals surface area contributed by atoms with Crippen LogP contribution in [0.2, 0.25) is 0 Å². The number of alkyl halides is 7. The number of hydrogen-bond acceptors (Lipinski definition) is 0. The van der Waals surface area contributed by atoms with Crippen molar-refractivity contribution in [3.8, 4) is 0 Å². The maximum absolute atomic E-state index is 12.3. The van der Waals surface area contributed by atoms with Crippen molar-refractivity contribution in [1.82, 2.24) is 0 Å². The number of rotatable bonds is 3. The Hall–Kier alpha value is 0.590. The van der Waals surface area contributed by atoms with Crippen LogP contribution in [0.1, 0.15) is 0 Å². The Labute approximate surface area is 75.4 Å². The summed E-state index contributed by atoms with van der Waals surface area (Å²) in [5.41, 5.74) is 0. The minimum absolute atomic E-state index is 2.34. The SMILES string of the molecule is FC(F)C(Cl)C(F)C(F)(Cl)Cl. The summed E-state index contributed by atoms with van der Waals surface area (Å²) in [4.78, 5) is 0. The van der Waals surface area contributed by atoms with Crippen LogP contribution in [-0.2, 0) is 0 Å². The van der Waals surface area contributed by atoms with E-state index in [0.717, 1.165) is 0 Å². The lowest BCUT2D eigenvalue weighted by atomic mass is 10.3. The van der Waals surface area contributed by atoms with E-state index >= 15 is 0 Å². The second kappa shape index (κ2) is 4.01. The van der Waals surface area contributed by atoms with Gasteiger partial charge in [0.05, 0.1) is 0 Å². The molecular formula is C4H3Cl3F4. The Balaban J connectivity index is 4.13. The predicted octanol–water partition coefficient (Wildman–Crippen LogP) is 3.30. The first-order valence-corrected chi connectivity index (χ1v) is 3.59. The minimum Gasteiger partial charge on any atom is -0.239 e. The van der Waals surface area contributed by atoms with Crippen molar-refractivity contribution in [2.24, 2.45) is 0 Å². The Morgan fingerprint density at radius 2 is 1.45 bits per heavy atom. The fourth-order valence-electron chi connectivity index (χ4n) is 0.308. The fourth-order valence-corrected chi connectivity index (χ4v) is 0.882. The molecule has 68 valence electrons. The lowest BCUT2D eigenvalue weighted by molar-refractivity contribution is 0.0794. The zero-order valence-electron chi connectivity index (χ0n) is 4.88. The van der Waals surface area contributed by atoms with E-state index in [0.29, 0.717) is 0 Å². The molecule has 0 aliphatic carbocycles. The van der Waals surface area contributed by atoms with Crippen molar-refractivity contribution in [2.75, 3.05) is 0 Å². The van der Waals surface area contributed by atoms with Crippen LogP contribution >= 0.6 is 34.8 Å². The van der Waals surface area contributed by atoms with E-state index < -0.39 is 22.6 Å². The molecule has 0 radical (unpaired) electrons. The van der Waals surface area contributed by atoms with Gasteiger partial charge in [0.1, 0.15) is 5.38 Å². The third kappa shape index (κ3) is 3.67. The second-order valence-corrected chi connectivity index (χ2v) is 3.52. The van der Waals surface area contributed by atoms with Crippen LogP contribution in [-0.4, -0.2) is 22.6 Å². The zero-order valence-corrected chi connectivity index (χ0v) is 7.15. The van der Waals surface area contributed by atoms with Crippen LogP contribution in [0.25, 0.3) is 0 Å². The molecule has 0 aromatic rings. The van der Waals surface area contributed by atoms with Gasteiger partial charge in [0.25, 0.3) is 11.0 Å². The van der Waals surface area contributed by atoms with Gasteiger partial charge in [0.15, 0.2) is 6.17 Å². The average molecular weight is 233 g/mol. The summed E-state index contributed by atoms with van der Waals surface area (Å²) in [6.45, 7) is 0. The molecule has 2 unspecified atom stereocenters. The maximum atomic E-state index is 12.3. The first-order chi connectivity index (χ1) is 4.76. The monoisotopic (exact) mass is 232 g/mol. The van der Waals surface area contributed by atoms with Crippen LogP contribution in [0.15, 0.2) is 0 Å². The maximum Gasteiger partial charge on any atom is 0.290 e. The summed E-state index contributed by atoms with van der Waals surface area (Å²) in [5.74, 6) is 0. The van der Waals surface area contributed by atoms with E-state index in [-0.39, 0.29) is 0 Å². The lowest BCUT2D eigenvalue weighted by Gasteiger charge is -2.18. The molecule has 0 N–H and O–H groups in total. The van der Waals surface area contributed by atoms with Crippen molar-refractivity contribution >= 4 is 34.8 Å². The summed E-state index contributed by atoms with van der Waals surface area (Å²) < 4.78 is 44.2. The predicted molar refractivity (Wildman–Crippen MR) is 36.1 cm³/mol. The van der Waals surface area contributed by atoms with Gasteiger partial charge < -0.3 is 0 Å². The molecule has 0 heterocycles. The fraction of sp³-hybridized carbons (Fsp3) is 1.00. The molecule has 0 aliphatic heterocycles. The largest absolute Gasteiger partial charge is 0.290 e. The van der Waals surface area contributed by atoms with Gasteiger partial charge in [-0.15, -0.1) is 11.6 Å². The Kier molecular flexibility index (Phi) is 4.22. The van der Waals surface area contributed by atoms with Crippen LogP contribution in [0, 0.1) is 0 Å². The Morgan fingerprint density at radius 3 is 1.55 bits per heavy atom. The molecule has 7 heteroatoms. The normalized spacial score (nSPS) is 18.5. The van der Waals surface area contributed by atoms with Crippen LogP contribution < -0.4 is 0 Å². The van der Waals surface area contributed by atoms with Gasteiger partial charge in [-0.3, -0.25) is 0 Å². The van der Waals surface area contributed by atoms with Crippen LogP contribution in [0.4, 0.5) is 17.6 Å². The van der Waals surface area contributed by atoms with Crippen molar-refractivity contribution in [3.05, 3.63) is 0 Å². The molecule has 0 aromatic heterocycles. The summed E-state index contributed by atoms with van der Waals surface area (Å²) in [6.07, 6.45) is -6.02. The van der Waals surface area contributed by atoms with Crippen LogP contribution in [0.5, 0.6) is 0 Å². The molecule has 11 heavy (non-hydrogen) atoms. The topological polar surface area (TPSA) is 0 Å². The smallest absolute Gasteiger partial charge is 0.239 e. The summed E-state index contributed by atoms with van der Waals surface area (Å²) >= 11 is 13.8. The Bertz CT molecular complexity index is 123. The van der Waals surface area contributed by atoms with Crippen molar-refractivity contribution in [2.45, 2.75) is 22.6 Å².